The number of aliphatic carboxylic acids is 1. The van der Waals surface area contributed by atoms with Crippen LogP contribution in [0.3, 0.4) is 0 Å². The van der Waals surface area contributed by atoms with Gasteiger partial charge in [0.1, 0.15) is 17.6 Å². The molecule has 5 fully saturated rings. The second kappa shape index (κ2) is 15.9. The first-order valence-electron chi connectivity index (χ1n) is 23.4. The number of pyridine rings is 1. The summed E-state index contributed by atoms with van der Waals surface area (Å²) in [6, 6.07) is 3.22. The summed E-state index contributed by atoms with van der Waals surface area (Å²) in [6.07, 6.45) is 18.6. The van der Waals surface area contributed by atoms with Crippen LogP contribution in [0.1, 0.15) is 129 Å². The average Bonchev–Trinajstić information content (AvgIpc) is 3.61. The number of carboxylic acid groups (broad SMARTS) is 1. The highest BCUT2D eigenvalue weighted by molar-refractivity contribution is 7.91. The van der Waals surface area contributed by atoms with E-state index in [1.54, 1.807) is 12.1 Å². The molecule has 0 aromatic carbocycles. The van der Waals surface area contributed by atoms with Crippen LogP contribution in [0.25, 0.3) is 0 Å². The second-order valence-electron chi connectivity index (χ2n) is 22.0. The van der Waals surface area contributed by atoms with Crippen LogP contribution in [0.5, 0.6) is 5.88 Å². The number of carboxylic acids is 1. The molecule has 11 heteroatoms. The highest BCUT2D eigenvalue weighted by Gasteiger charge is 2.70. The van der Waals surface area contributed by atoms with Gasteiger partial charge in [0.05, 0.1) is 18.6 Å². The number of esters is 1. The van der Waals surface area contributed by atoms with E-state index in [2.05, 4.69) is 75.5 Å². The van der Waals surface area contributed by atoms with E-state index in [-0.39, 0.29) is 56.8 Å². The van der Waals surface area contributed by atoms with Crippen molar-refractivity contribution in [3.05, 3.63) is 59.3 Å². The standard InChI is InChI=1S/C50H73N3O7S/c1-33(2)35-15-22-50(52-26-27-53-28-30-61(57,58)31-29-53)24-23-47(6)38(41(35)50)11-12-40-46(5)18-16-37(45(3,4)39(46)17-19-48(40,47)7)34-13-20-49(21-14-34,44(55)56)32-60-42-36(43(54)59-8)10-9-25-51-42/h9-10,13,16,25,35,38-41,52H,1,11-12,14-15,17-24,26-32H2,2-8H3,(H,55,56)/t35-,38+,39?,40?,41?,46-,47+,48+,49+,50-/m0/s1. The van der Waals surface area contributed by atoms with Gasteiger partial charge in [0.15, 0.2) is 9.84 Å². The number of fused-ring (bicyclic) bond motifs is 7. The number of sulfone groups is 1. The van der Waals surface area contributed by atoms with Crippen molar-refractivity contribution in [3.8, 4) is 5.88 Å². The Hall–Kier alpha value is -3.02. The molecule has 0 spiro atoms. The zero-order valence-electron chi connectivity index (χ0n) is 38.1. The van der Waals surface area contributed by atoms with E-state index in [1.807, 2.05) is 0 Å². The number of allylic oxidation sites excluding steroid dienone is 5. The lowest BCUT2D eigenvalue weighted by Gasteiger charge is -2.72. The van der Waals surface area contributed by atoms with Gasteiger partial charge in [-0.25, -0.2) is 18.2 Å². The lowest BCUT2D eigenvalue weighted by molar-refractivity contribution is -0.221. The number of rotatable bonds is 11. The Balaban J connectivity index is 1.00. The van der Waals surface area contributed by atoms with Crippen molar-refractivity contribution in [1.29, 1.82) is 0 Å². The third-order valence-corrected chi connectivity index (χ3v) is 20.7. The summed E-state index contributed by atoms with van der Waals surface area (Å²) in [5.74, 6) is 2.10. The summed E-state index contributed by atoms with van der Waals surface area (Å²) >= 11 is 0. The maximum Gasteiger partial charge on any atom is 0.343 e. The molecule has 2 N–H and O–H groups in total. The van der Waals surface area contributed by atoms with Crippen molar-refractivity contribution in [3.63, 3.8) is 0 Å². The predicted octanol–water partition coefficient (Wildman–Crippen LogP) is 8.69. The number of aromatic nitrogens is 1. The van der Waals surface area contributed by atoms with Crippen molar-refractivity contribution < 1.29 is 32.6 Å². The van der Waals surface area contributed by atoms with Gasteiger partial charge in [-0.3, -0.25) is 4.79 Å². The lowest BCUT2D eigenvalue weighted by Crippen LogP contribution is -2.68. The van der Waals surface area contributed by atoms with Crippen molar-refractivity contribution in [2.24, 2.45) is 56.7 Å². The SMILES string of the molecule is C=C(C)[C@@H]1CC[C@]2(NCCN3CCS(=O)(=O)CC3)CC[C@]3(C)[C@H](CCC4[C@@]5(C)CC=C(C6=CC[C@@](COc7ncccc7C(=O)OC)(C(=O)O)CC6)C(C)(C)C5CC[C@]43C)C12. The summed E-state index contributed by atoms with van der Waals surface area (Å²) in [5, 5.41) is 14.8. The Morgan fingerprint density at radius 1 is 0.951 bits per heavy atom. The van der Waals surface area contributed by atoms with E-state index in [0.717, 1.165) is 19.5 Å². The highest BCUT2D eigenvalue weighted by atomic mass is 32.2. The van der Waals surface area contributed by atoms with Gasteiger partial charge in [-0.1, -0.05) is 58.9 Å². The van der Waals surface area contributed by atoms with Crippen LogP contribution < -0.4 is 10.1 Å². The Morgan fingerprint density at radius 3 is 2.38 bits per heavy atom. The zero-order valence-corrected chi connectivity index (χ0v) is 38.9. The minimum absolute atomic E-state index is 0.0539. The van der Waals surface area contributed by atoms with Gasteiger partial charge in [-0.2, -0.15) is 0 Å². The van der Waals surface area contributed by atoms with Crippen molar-refractivity contribution in [1.82, 2.24) is 15.2 Å². The number of methoxy groups -OCH3 is 1. The van der Waals surface area contributed by atoms with Crippen molar-refractivity contribution >= 4 is 21.8 Å². The van der Waals surface area contributed by atoms with Crippen molar-refractivity contribution in [2.75, 3.05) is 51.4 Å². The minimum atomic E-state index is -2.89. The van der Waals surface area contributed by atoms with Gasteiger partial charge < -0.3 is 24.8 Å². The number of nitrogens with zero attached hydrogens (tertiary/aromatic N) is 2. The first-order chi connectivity index (χ1) is 28.8. The molecule has 0 amide bonds. The molecule has 61 heavy (non-hydrogen) atoms. The normalized spacial score (nSPS) is 40.2. The molecule has 2 heterocycles. The molecule has 1 saturated heterocycles. The molecular weight excluding hydrogens is 787 g/mol. The van der Waals surface area contributed by atoms with Gasteiger partial charge in [-0.05, 0) is 159 Å². The molecule has 0 radical (unpaired) electrons. The fourth-order valence-corrected chi connectivity index (χ4v) is 16.8. The minimum Gasteiger partial charge on any atom is -0.481 e. The average molecular weight is 860 g/mol. The lowest BCUT2D eigenvalue weighted by atomic mass is 9.33. The molecule has 8 rings (SSSR count). The van der Waals surface area contributed by atoms with Crippen LogP contribution >= 0.6 is 0 Å². The maximum atomic E-state index is 12.9. The molecule has 7 aliphatic rings. The number of nitrogens with one attached hydrogen (secondary N) is 1. The van der Waals surface area contributed by atoms with E-state index < -0.39 is 27.2 Å². The van der Waals surface area contributed by atoms with Gasteiger partial charge in [-0.15, -0.1) is 0 Å². The van der Waals surface area contributed by atoms with Crippen LogP contribution in [0.2, 0.25) is 0 Å². The zero-order chi connectivity index (χ0) is 43.8. The molecule has 3 unspecified atom stereocenters. The number of hydrogen-bond donors (Lipinski definition) is 2. The molecule has 1 aromatic rings. The monoisotopic (exact) mass is 860 g/mol. The van der Waals surface area contributed by atoms with Gasteiger partial charge in [0.2, 0.25) is 5.88 Å². The number of carbonyl (C=O) groups excluding carboxylic acids is 1. The van der Waals surface area contributed by atoms with Gasteiger partial charge in [0, 0.05) is 37.9 Å². The molecule has 6 aliphatic carbocycles. The Bertz CT molecular complexity index is 2080. The summed E-state index contributed by atoms with van der Waals surface area (Å²) in [4.78, 5) is 31.8. The second-order valence-corrected chi connectivity index (χ2v) is 24.3. The van der Waals surface area contributed by atoms with Gasteiger partial charge >= 0.3 is 11.9 Å². The van der Waals surface area contributed by atoms with E-state index in [1.165, 1.54) is 81.4 Å². The highest BCUT2D eigenvalue weighted by Crippen LogP contribution is 2.76. The fraction of sp³-hybridized carbons (Fsp3) is 0.740. The van der Waals surface area contributed by atoms with Crippen LogP contribution in [0.15, 0.2) is 53.8 Å². The Kier molecular flexibility index (Phi) is 11.6. The number of ether oxygens (including phenoxy) is 2. The third kappa shape index (κ3) is 7.26. The molecular formula is C50H73N3O7S. The molecule has 1 aliphatic heterocycles. The van der Waals surface area contributed by atoms with E-state index >= 15 is 0 Å². The van der Waals surface area contributed by atoms with Gasteiger partial charge in [0.25, 0.3) is 0 Å². The Labute approximate surface area is 365 Å². The first-order valence-corrected chi connectivity index (χ1v) is 25.2. The number of carbonyl (C=O) groups is 2. The summed E-state index contributed by atoms with van der Waals surface area (Å²) in [6.45, 7) is 22.9. The largest absolute Gasteiger partial charge is 0.481 e. The molecule has 10 nitrogen and oxygen atoms in total. The van der Waals surface area contributed by atoms with Crippen LogP contribution in [-0.4, -0.2) is 92.3 Å². The van der Waals surface area contributed by atoms with Crippen LogP contribution in [0, 0.1) is 56.7 Å². The molecule has 0 bridgehead atoms. The topological polar surface area (TPSA) is 135 Å². The quantitative estimate of drug-likeness (QED) is 0.164. The fourth-order valence-electron chi connectivity index (χ4n) is 15.5. The van der Waals surface area contributed by atoms with E-state index in [9.17, 15) is 23.1 Å². The molecule has 4 saturated carbocycles. The molecule has 336 valence electrons. The number of hydrogen-bond acceptors (Lipinski definition) is 9. The smallest absolute Gasteiger partial charge is 0.343 e. The Morgan fingerprint density at radius 2 is 1.70 bits per heavy atom. The third-order valence-electron chi connectivity index (χ3n) is 19.1. The van der Waals surface area contributed by atoms with Crippen molar-refractivity contribution in [2.45, 2.75) is 124 Å². The molecule has 10 atom stereocenters. The summed E-state index contributed by atoms with van der Waals surface area (Å²) < 4.78 is 35.1. The van der Waals surface area contributed by atoms with E-state index in [4.69, 9.17) is 9.47 Å². The summed E-state index contributed by atoms with van der Waals surface area (Å²) in [5.41, 5.74) is 3.80. The predicted molar refractivity (Wildman–Crippen MR) is 239 cm³/mol. The summed E-state index contributed by atoms with van der Waals surface area (Å²) in [7, 11) is -1.58. The van der Waals surface area contributed by atoms with Crippen LogP contribution in [-0.2, 0) is 19.4 Å². The van der Waals surface area contributed by atoms with Crippen LogP contribution in [0.4, 0.5) is 0 Å². The maximum absolute atomic E-state index is 12.9. The van der Waals surface area contributed by atoms with E-state index in [0.29, 0.717) is 61.9 Å². The first kappa shape index (κ1) is 44.6. The molecule has 1 aromatic heterocycles.